The zero-order chi connectivity index (χ0) is 17.6. The molecule has 1 heterocycles. The summed E-state index contributed by atoms with van der Waals surface area (Å²) in [5.41, 5.74) is 0. The minimum absolute atomic E-state index is 0.0508. The van der Waals surface area contributed by atoms with Gasteiger partial charge in [-0.2, -0.15) is 0 Å². The molecular weight excluding hydrogens is 345 g/mol. The third-order valence-corrected chi connectivity index (χ3v) is 4.32. The number of halogens is 2. The van der Waals surface area contributed by atoms with Crippen LogP contribution in [0.4, 0.5) is 4.39 Å². The Hall–Kier alpha value is -1.82. The molecule has 0 spiro atoms. The summed E-state index contributed by atoms with van der Waals surface area (Å²) in [6, 6.07) is 13.1. The molecule has 1 fully saturated rings. The van der Waals surface area contributed by atoms with Gasteiger partial charge in [-0.05, 0) is 55.0 Å². The molecular formula is C19H21ClFNO3. The van der Waals surface area contributed by atoms with E-state index in [9.17, 15) is 9.50 Å². The van der Waals surface area contributed by atoms with Crippen LogP contribution in [0.25, 0.3) is 0 Å². The predicted octanol–water partition coefficient (Wildman–Crippen LogP) is 3.37. The molecule has 2 aromatic carbocycles. The minimum atomic E-state index is -0.583. The van der Waals surface area contributed by atoms with Crippen molar-refractivity contribution in [3.8, 4) is 11.5 Å². The van der Waals surface area contributed by atoms with Crippen molar-refractivity contribution in [1.82, 2.24) is 4.90 Å². The average Bonchev–Trinajstić information content (AvgIpc) is 3.03. The number of likely N-dealkylation sites (tertiary alicyclic amines) is 1. The highest BCUT2D eigenvalue weighted by molar-refractivity contribution is 6.30. The number of hydrogen-bond donors (Lipinski definition) is 1. The molecule has 2 unspecified atom stereocenters. The molecule has 0 bridgehead atoms. The lowest BCUT2D eigenvalue weighted by molar-refractivity contribution is 0.0720. The molecule has 1 aliphatic heterocycles. The van der Waals surface area contributed by atoms with E-state index in [0.717, 1.165) is 19.5 Å². The lowest BCUT2D eigenvalue weighted by Gasteiger charge is -2.20. The SMILES string of the molecule is OC(COc1ccc(Cl)cc1)CN1CCC(Oc2ccc(F)cc2)C1. The van der Waals surface area contributed by atoms with Gasteiger partial charge in [0.2, 0.25) is 0 Å². The highest BCUT2D eigenvalue weighted by Gasteiger charge is 2.25. The number of aliphatic hydroxyl groups is 1. The van der Waals surface area contributed by atoms with Crippen LogP contribution in [-0.4, -0.2) is 48.5 Å². The summed E-state index contributed by atoms with van der Waals surface area (Å²) < 4.78 is 24.3. The molecule has 4 nitrogen and oxygen atoms in total. The third-order valence-electron chi connectivity index (χ3n) is 4.07. The molecule has 2 aromatic rings. The second-order valence-electron chi connectivity index (χ2n) is 6.16. The molecule has 1 N–H and O–H groups in total. The van der Waals surface area contributed by atoms with Crippen molar-refractivity contribution >= 4 is 11.6 Å². The predicted molar refractivity (Wildman–Crippen MR) is 94.8 cm³/mol. The topological polar surface area (TPSA) is 41.9 Å². The van der Waals surface area contributed by atoms with Gasteiger partial charge >= 0.3 is 0 Å². The molecule has 3 rings (SSSR count). The largest absolute Gasteiger partial charge is 0.491 e. The number of ether oxygens (including phenoxy) is 2. The van der Waals surface area contributed by atoms with E-state index in [2.05, 4.69) is 4.90 Å². The molecule has 134 valence electrons. The van der Waals surface area contributed by atoms with Crippen LogP contribution in [0.15, 0.2) is 48.5 Å². The van der Waals surface area contributed by atoms with Crippen LogP contribution in [-0.2, 0) is 0 Å². The van der Waals surface area contributed by atoms with Gasteiger partial charge in [0.05, 0.1) is 0 Å². The highest BCUT2D eigenvalue weighted by atomic mass is 35.5. The summed E-state index contributed by atoms with van der Waals surface area (Å²) in [6.45, 7) is 2.33. The molecule has 0 amide bonds. The summed E-state index contributed by atoms with van der Waals surface area (Å²) in [5, 5.41) is 10.8. The van der Waals surface area contributed by atoms with Crippen LogP contribution in [0, 0.1) is 5.82 Å². The summed E-state index contributed by atoms with van der Waals surface area (Å²) in [5.74, 6) is 1.08. The van der Waals surface area contributed by atoms with E-state index in [1.54, 1.807) is 36.4 Å². The Morgan fingerprint density at radius 3 is 2.52 bits per heavy atom. The molecule has 2 atom stereocenters. The summed E-state index contributed by atoms with van der Waals surface area (Å²) in [6.07, 6.45) is 0.345. The molecule has 25 heavy (non-hydrogen) atoms. The fraction of sp³-hybridized carbons (Fsp3) is 0.368. The maximum atomic E-state index is 12.9. The number of β-amino-alcohol motifs (C(OH)–C–C–N with tert-alkyl or cyclic N) is 1. The molecule has 1 saturated heterocycles. The molecule has 0 saturated carbocycles. The van der Waals surface area contributed by atoms with Crippen molar-refractivity contribution in [1.29, 1.82) is 0 Å². The van der Waals surface area contributed by atoms with Crippen LogP contribution >= 0.6 is 11.6 Å². The van der Waals surface area contributed by atoms with Gasteiger partial charge in [0, 0.05) is 24.7 Å². The first kappa shape index (κ1) is 18.0. The first-order chi connectivity index (χ1) is 12.1. The van der Waals surface area contributed by atoms with Crippen LogP contribution in [0.1, 0.15) is 6.42 Å². The van der Waals surface area contributed by atoms with Gasteiger partial charge in [0.1, 0.15) is 36.1 Å². The molecule has 6 heteroatoms. The zero-order valence-corrected chi connectivity index (χ0v) is 14.5. The van der Waals surface area contributed by atoms with Crippen LogP contribution in [0.3, 0.4) is 0 Å². The highest BCUT2D eigenvalue weighted by Crippen LogP contribution is 2.19. The first-order valence-electron chi connectivity index (χ1n) is 8.29. The summed E-state index contributed by atoms with van der Waals surface area (Å²) >= 11 is 5.83. The van der Waals surface area contributed by atoms with Gasteiger partial charge < -0.3 is 14.6 Å². The van der Waals surface area contributed by atoms with Gasteiger partial charge in [-0.1, -0.05) is 11.6 Å². The van der Waals surface area contributed by atoms with Gasteiger partial charge in [0.25, 0.3) is 0 Å². The number of hydrogen-bond acceptors (Lipinski definition) is 4. The van der Waals surface area contributed by atoms with E-state index >= 15 is 0 Å². The Balaban J connectivity index is 1.39. The van der Waals surface area contributed by atoms with Gasteiger partial charge in [-0.3, -0.25) is 4.90 Å². The van der Waals surface area contributed by atoms with Crippen molar-refractivity contribution in [3.63, 3.8) is 0 Å². The molecule has 1 aliphatic rings. The lowest BCUT2D eigenvalue weighted by Crippen LogP contribution is -2.35. The van der Waals surface area contributed by atoms with Crippen LogP contribution < -0.4 is 9.47 Å². The number of nitrogens with zero attached hydrogens (tertiary/aromatic N) is 1. The van der Waals surface area contributed by atoms with Crippen LogP contribution in [0.5, 0.6) is 11.5 Å². The fourth-order valence-electron chi connectivity index (χ4n) is 2.84. The second-order valence-corrected chi connectivity index (χ2v) is 6.60. The summed E-state index contributed by atoms with van der Waals surface area (Å²) in [4.78, 5) is 2.14. The van der Waals surface area contributed by atoms with Gasteiger partial charge in [0.15, 0.2) is 0 Å². The average molecular weight is 366 g/mol. The number of rotatable bonds is 7. The zero-order valence-electron chi connectivity index (χ0n) is 13.8. The Morgan fingerprint density at radius 1 is 1.12 bits per heavy atom. The maximum absolute atomic E-state index is 12.9. The van der Waals surface area contributed by atoms with E-state index in [0.29, 0.717) is 23.1 Å². The van der Waals surface area contributed by atoms with Crippen molar-refractivity contribution in [3.05, 3.63) is 59.4 Å². The quantitative estimate of drug-likeness (QED) is 0.816. The number of benzene rings is 2. The Labute approximate surface area is 151 Å². The van der Waals surface area contributed by atoms with E-state index in [1.165, 1.54) is 12.1 Å². The second kappa shape index (κ2) is 8.52. The van der Waals surface area contributed by atoms with E-state index < -0.39 is 6.10 Å². The standard InChI is InChI=1S/C19H21ClFNO3/c20-14-1-5-17(6-2-14)24-13-16(23)11-22-10-9-19(12-22)25-18-7-3-15(21)4-8-18/h1-8,16,19,23H,9-13H2. The normalized spacial score (nSPS) is 18.9. The number of aliphatic hydroxyl groups excluding tert-OH is 1. The van der Waals surface area contributed by atoms with Crippen molar-refractivity contribution in [2.75, 3.05) is 26.2 Å². The Morgan fingerprint density at radius 2 is 1.80 bits per heavy atom. The van der Waals surface area contributed by atoms with E-state index in [4.69, 9.17) is 21.1 Å². The molecule has 0 aromatic heterocycles. The van der Waals surface area contributed by atoms with Crippen molar-refractivity contribution in [2.24, 2.45) is 0 Å². The minimum Gasteiger partial charge on any atom is -0.491 e. The Bertz CT molecular complexity index is 665. The monoisotopic (exact) mass is 365 g/mol. The van der Waals surface area contributed by atoms with E-state index in [1.807, 2.05) is 0 Å². The lowest BCUT2D eigenvalue weighted by atomic mass is 10.3. The Kier molecular flexibility index (Phi) is 6.13. The fourth-order valence-corrected chi connectivity index (χ4v) is 2.96. The molecule has 0 radical (unpaired) electrons. The van der Waals surface area contributed by atoms with E-state index in [-0.39, 0.29) is 18.5 Å². The molecule has 0 aliphatic carbocycles. The summed E-state index contributed by atoms with van der Waals surface area (Å²) in [7, 11) is 0. The smallest absolute Gasteiger partial charge is 0.123 e. The van der Waals surface area contributed by atoms with Gasteiger partial charge in [-0.25, -0.2) is 4.39 Å². The van der Waals surface area contributed by atoms with Crippen LogP contribution in [0.2, 0.25) is 5.02 Å². The van der Waals surface area contributed by atoms with Gasteiger partial charge in [-0.15, -0.1) is 0 Å². The maximum Gasteiger partial charge on any atom is 0.123 e. The first-order valence-corrected chi connectivity index (χ1v) is 8.67. The van der Waals surface area contributed by atoms with Crippen molar-refractivity contribution in [2.45, 2.75) is 18.6 Å². The van der Waals surface area contributed by atoms with Crippen molar-refractivity contribution < 1.29 is 19.0 Å². The third kappa shape index (κ3) is 5.59.